The van der Waals surface area contributed by atoms with Crippen LogP contribution in [-0.4, -0.2) is 193 Å². The molecule has 0 aromatic heterocycles. The first-order chi connectivity index (χ1) is 54.8. The molecule has 0 aliphatic carbocycles. The molecular weight excluding hydrogens is 1420 g/mol. The highest BCUT2D eigenvalue weighted by Crippen LogP contribution is 2.33. The predicted molar refractivity (Wildman–Crippen MR) is 452 cm³/mol. The van der Waals surface area contributed by atoms with Crippen molar-refractivity contribution < 1.29 is 89.4 Å². The summed E-state index contributed by atoms with van der Waals surface area (Å²) in [5.41, 5.74) is 0. The molecule has 112 heavy (non-hydrogen) atoms. The molecule has 0 aromatic rings. The van der Waals surface area contributed by atoms with E-state index in [-0.39, 0.29) is 18.9 Å². The zero-order valence-corrected chi connectivity index (χ0v) is 69.4. The quantitative estimate of drug-likeness (QED) is 0.0199. The fourth-order valence-electron chi connectivity index (χ4n) is 14.1. The minimum atomic E-state index is -1.99. The molecule has 17 atom stereocenters. The Morgan fingerprint density at radius 2 is 0.625 bits per heavy atom. The molecule has 3 aliphatic heterocycles. The first kappa shape index (κ1) is 102. The third kappa shape index (κ3) is 49.2. The number of hydrogen-bond acceptors (Lipinski definition) is 18. The number of allylic oxidation sites excluding steroid dienone is 21. The molecule has 0 aromatic carbocycles. The van der Waals surface area contributed by atoms with Crippen molar-refractivity contribution in [3.63, 3.8) is 0 Å². The van der Waals surface area contributed by atoms with Crippen molar-refractivity contribution in [2.45, 2.75) is 420 Å². The number of aliphatic hydroxyl groups is 11. The maximum atomic E-state index is 13.5. The van der Waals surface area contributed by atoms with Gasteiger partial charge in [-0.1, -0.05) is 340 Å². The summed E-state index contributed by atoms with van der Waals surface area (Å²) in [6.07, 6.45) is 75.9. The van der Waals surface area contributed by atoms with Crippen molar-refractivity contribution in [1.29, 1.82) is 0 Å². The number of unbranched alkanes of at least 4 members (excludes halogenated alkanes) is 34. The summed E-state index contributed by atoms with van der Waals surface area (Å²) in [6, 6.07) is -1.01. The van der Waals surface area contributed by atoms with Gasteiger partial charge in [0.05, 0.1) is 38.6 Å². The number of aliphatic hydroxyl groups excluding tert-OH is 11. The van der Waals surface area contributed by atoms with Gasteiger partial charge in [-0.2, -0.15) is 0 Å². The van der Waals surface area contributed by atoms with Gasteiger partial charge in [0, 0.05) is 6.42 Å². The number of ether oxygens (including phenoxy) is 6. The average Bonchev–Trinajstić information content (AvgIpc) is 0.781. The van der Waals surface area contributed by atoms with Gasteiger partial charge in [0.2, 0.25) is 5.91 Å². The molecule has 1 amide bonds. The minimum absolute atomic E-state index is 0.220. The Bertz CT molecular complexity index is 2540. The summed E-state index contributed by atoms with van der Waals surface area (Å²) in [7, 11) is 0. The zero-order chi connectivity index (χ0) is 81.0. The van der Waals surface area contributed by atoms with Crippen LogP contribution < -0.4 is 5.32 Å². The Morgan fingerprint density at radius 3 is 1.00 bits per heavy atom. The third-order valence-corrected chi connectivity index (χ3v) is 21.2. The van der Waals surface area contributed by atoms with Gasteiger partial charge in [-0.3, -0.25) is 4.79 Å². The molecule has 3 aliphatic rings. The van der Waals surface area contributed by atoms with Crippen molar-refractivity contribution in [3.05, 3.63) is 134 Å². The van der Waals surface area contributed by atoms with Gasteiger partial charge in [-0.15, -0.1) is 0 Å². The van der Waals surface area contributed by atoms with Crippen molar-refractivity contribution in [3.8, 4) is 0 Å². The standard InChI is InChI=1S/C93H159NO18/c1-3-5-7-9-11-13-15-17-19-21-23-25-27-29-31-33-35-36-37-38-39-40-41-43-45-47-49-51-53-55-57-59-61-63-65-67-69-71-81(99)94-76(77(98)70-68-66-64-62-60-58-56-54-52-50-48-46-44-42-34-32-30-28-26-24-22-20-18-16-14-12-10-8-6-4-2)75-107-91-87(105)84(102)89(79(73-96)109-91)112-93-88(106)85(103)90(80(74-97)110-93)111-92-86(104)83(101)82(100)78(72-95)108-92/h5,7,11,13,17,19,23,25,29,31,35-36,38-39,41,43,47,49,60,62,68,70,76-80,82-93,95-98,100-106H,3-4,6,8-10,12,14-16,18,20-22,24,26-28,30,32-34,37,40,42,44-46,48,50-59,61,63-67,69,71-75H2,1-2H3,(H,94,99)/b7-5-,13-11-,19-17-,25-23-,31-29-,36-35-,39-38-,43-41-,49-47-,62-60+,70-68+. The predicted octanol–water partition coefficient (Wildman–Crippen LogP) is 16.8. The number of nitrogens with one attached hydrogen (secondary N) is 1. The van der Waals surface area contributed by atoms with Crippen LogP contribution in [0.2, 0.25) is 0 Å². The van der Waals surface area contributed by atoms with E-state index in [4.69, 9.17) is 28.4 Å². The lowest BCUT2D eigenvalue weighted by Crippen LogP contribution is -2.66. The molecule has 0 saturated carbocycles. The Morgan fingerprint density at radius 1 is 0.330 bits per heavy atom. The summed E-state index contributed by atoms with van der Waals surface area (Å²) in [4.78, 5) is 13.5. The van der Waals surface area contributed by atoms with Crippen LogP contribution >= 0.6 is 0 Å². The van der Waals surface area contributed by atoms with Gasteiger partial charge in [-0.25, -0.2) is 0 Å². The average molecular weight is 1580 g/mol. The molecule has 17 unspecified atom stereocenters. The molecule has 19 nitrogen and oxygen atoms in total. The van der Waals surface area contributed by atoms with Crippen LogP contribution in [0, 0.1) is 0 Å². The SMILES string of the molecule is CC/C=C\C/C=C\C/C=C\C/C=C\C/C=C\C/C=C\C/C=C\C/C=C\C/C=C\CCCCCCCCCCCC(=O)NC(COC1OC(CO)C(OC2OC(CO)C(OC3OC(CO)C(O)C(O)C3O)C(O)C2O)C(O)C1O)C(O)/C=C/CC/C=C/CCCCCCCCCCCCCCCCCCCCCCCCCC. The maximum absolute atomic E-state index is 13.5. The highest BCUT2D eigenvalue weighted by atomic mass is 16.8. The van der Waals surface area contributed by atoms with Crippen LogP contribution in [0.4, 0.5) is 0 Å². The summed E-state index contributed by atoms with van der Waals surface area (Å²) in [6.45, 7) is 1.62. The monoisotopic (exact) mass is 1580 g/mol. The second-order valence-electron chi connectivity index (χ2n) is 31.0. The van der Waals surface area contributed by atoms with Crippen molar-refractivity contribution >= 4 is 5.91 Å². The van der Waals surface area contributed by atoms with E-state index >= 15 is 0 Å². The molecule has 644 valence electrons. The van der Waals surface area contributed by atoms with Crippen LogP contribution in [0.15, 0.2) is 134 Å². The van der Waals surface area contributed by atoms with Gasteiger partial charge in [0.25, 0.3) is 0 Å². The molecule has 3 heterocycles. The van der Waals surface area contributed by atoms with E-state index in [1.807, 2.05) is 6.08 Å². The molecule has 3 saturated heterocycles. The van der Waals surface area contributed by atoms with E-state index in [1.54, 1.807) is 6.08 Å². The summed E-state index contributed by atoms with van der Waals surface area (Å²) >= 11 is 0. The Kier molecular flexibility index (Phi) is 64.8. The second kappa shape index (κ2) is 71.1. The van der Waals surface area contributed by atoms with Crippen molar-refractivity contribution in [1.82, 2.24) is 5.32 Å². The van der Waals surface area contributed by atoms with Crippen LogP contribution in [0.3, 0.4) is 0 Å². The molecule has 19 heteroatoms. The lowest BCUT2D eigenvalue weighted by molar-refractivity contribution is -0.379. The first-order valence-corrected chi connectivity index (χ1v) is 44.4. The lowest BCUT2D eigenvalue weighted by atomic mass is 9.96. The van der Waals surface area contributed by atoms with Gasteiger partial charge >= 0.3 is 0 Å². The smallest absolute Gasteiger partial charge is 0.220 e. The van der Waals surface area contributed by atoms with E-state index in [9.17, 15) is 61.0 Å². The Balaban J connectivity index is 1.36. The van der Waals surface area contributed by atoms with E-state index in [0.29, 0.717) is 12.8 Å². The fourth-order valence-corrected chi connectivity index (χ4v) is 14.1. The van der Waals surface area contributed by atoms with Crippen LogP contribution in [0.1, 0.15) is 316 Å². The summed E-state index contributed by atoms with van der Waals surface area (Å²) in [5, 5.41) is 121. The fraction of sp³-hybridized carbons (Fsp3) is 0.753. The van der Waals surface area contributed by atoms with Gasteiger partial charge in [0.1, 0.15) is 73.2 Å². The Labute approximate surface area is 677 Å². The summed E-state index contributed by atoms with van der Waals surface area (Å²) in [5.74, 6) is -0.294. The molecular formula is C93H159NO18. The first-order valence-electron chi connectivity index (χ1n) is 44.4. The van der Waals surface area contributed by atoms with Crippen LogP contribution in [0.25, 0.3) is 0 Å². The number of amides is 1. The summed E-state index contributed by atoms with van der Waals surface area (Å²) < 4.78 is 34.5. The Hall–Kier alpha value is -4.07. The normalized spacial score (nSPS) is 25.6. The molecule has 3 fully saturated rings. The molecule has 0 radical (unpaired) electrons. The van der Waals surface area contributed by atoms with Gasteiger partial charge in [-0.05, 0) is 103 Å². The third-order valence-electron chi connectivity index (χ3n) is 21.2. The highest BCUT2D eigenvalue weighted by molar-refractivity contribution is 5.76. The number of hydrogen-bond donors (Lipinski definition) is 12. The molecule has 0 spiro atoms. The van der Waals surface area contributed by atoms with Gasteiger partial charge in [0.15, 0.2) is 18.9 Å². The van der Waals surface area contributed by atoms with E-state index in [0.717, 1.165) is 109 Å². The number of carbonyl (C=O) groups excluding carboxylic acids is 1. The largest absolute Gasteiger partial charge is 0.394 e. The van der Waals surface area contributed by atoms with E-state index in [2.05, 4.69) is 141 Å². The van der Waals surface area contributed by atoms with Gasteiger partial charge < -0.3 is 89.9 Å². The zero-order valence-electron chi connectivity index (χ0n) is 69.4. The number of carbonyl (C=O) groups is 1. The molecule has 3 rings (SSSR count). The highest BCUT2D eigenvalue weighted by Gasteiger charge is 2.54. The second-order valence-corrected chi connectivity index (χ2v) is 31.0. The van der Waals surface area contributed by atoms with Crippen molar-refractivity contribution in [2.24, 2.45) is 0 Å². The van der Waals surface area contributed by atoms with Crippen LogP contribution in [-0.2, 0) is 33.2 Å². The van der Waals surface area contributed by atoms with E-state index < -0.39 is 124 Å². The maximum Gasteiger partial charge on any atom is 0.220 e. The number of rotatable bonds is 70. The molecule has 0 bridgehead atoms. The lowest BCUT2D eigenvalue weighted by Gasteiger charge is -2.48. The van der Waals surface area contributed by atoms with Crippen molar-refractivity contribution in [2.75, 3.05) is 26.4 Å². The van der Waals surface area contributed by atoms with Crippen LogP contribution in [0.5, 0.6) is 0 Å². The minimum Gasteiger partial charge on any atom is -0.394 e. The van der Waals surface area contributed by atoms with E-state index in [1.165, 1.54) is 173 Å². The topological polar surface area (TPSA) is 307 Å². The molecule has 12 N–H and O–H groups in total.